The lowest BCUT2D eigenvalue weighted by Gasteiger charge is -2.29. The molecule has 0 aliphatic heterocycles. The Kier molecular flexibility index (Phi) is 21.9. The van der Waals surface area contributed by atoms with Crippen LogP contribution in [0.5, 0.6) is 0 Å². The Morgan fingerprint density at radius 2 is 0.771 bits per heavy atom. The van der Waals surface area contributed by atoms with Crippen LogP contribution < -0.4 is 0 Å². The van der Waals surface area contributed by atoms with Crippen LogP contribution in [0.4, 0.5) is 0 Å². The molecule has 0 rings (SSSR count). The fourth-order valence-corrected chi connectivity index (χ4v) is 4.73. The second-order valence-electron chi connectivity index (χ2n) is 11.5. The molecule has 0 amide bonds. The summed E-state index contributed by atoms with van der Waals surface area (Å²) in [5.41, 5.74) is 0. The van der Waals surface area contributed by atoms with E-state index in [2.05, 4.69) is 13.8 Å². The number of quaternary nitrogens is 1. The summed E-state index contributed by atoms with van der Waals surface area (Å²) in [6.07, 6.45) is 20.8. The summed E-state index contributed by atoms with van der Waals surface area (Å²) in [5, 5.41) is 20.6. The van der Waals surface area contributed by atoms with E-state index in [1.54, 1.807) is 0 Å². The van der Waals surface area contributed by atoms with Crippen LogP contribution in [0.25, 0.3) is 0 Å². The summed E-state index contributed by atoms with van der Waals surface area (Å²) >= 11 is 0. The van der Waals surface area contributed by atoms with Crippen LogP contribution in [0.1, 0.15) is 142 Å². The number of unbranched alkanes of at least 4 members (excludes halogenated alkanes) is 16. The molecule has 208 valence electrons. The SMILES string of the molecule is CCCCCCCCCCCC(O)C(=O)C[N+](C)(C)CC(=O)C(O)CCCCCCCCCCC. The van der Waals surface area contributed by atoms with Gasteiger partial charge in [0.05, 0.1) is 14.1 Å². The standard InChI is InChI=1S/C30H60NO4/c1-5-7-9-11-13-15-17-19-21-23-27(32)29(34)25-31(3,4)26-30(35)28(33)24-22-20-18-16-14-12-10-8-6-2/h27-28,32-33H,5-26H2,1-4H3/q+1. The van der Waals surface area contributed by atoms with Gasteiger partial charge in [0.2, 0.25) is 11.6 Å². The van der Waals surface area contributed by atoms with Gasteiger partial charge in [-0.3, -0.25) is 9.59 Å². The molecule has 0 saturated heterocycles. The van der Waals surface area contributed by atoms with Gasteiger partial charge in [0.25, 0.3) is 0 Å². The van der Waals surface area contributed by atoms with E-state index in [1.807, 2.05) is 14.1 Å². The minimum atomic E-state index is -0.945. The average Bonchev–Trinajstić information content (AvgIpc) is 2.80. The number of rotatable bonds is 26. The smallest absolute Gasteiger partial charge is 0.215 e. The van der Waals surface area contributed by atoms with Gasteiger partial charge in [0.15, 0.2) is 0 Å². The molecular weight excluding hydrogens is 438 g/mol. The summed E-state index contributed by atoms with van der Waals surface area (Å²) in [5.74, 6) is -0.397. The molecule has 0 aromatic rings. The molecule has 0 heterocycles. The van der Waals surface area contributed by atoms with E-state index < -0.39 is 12.2 Å². The molecule has 0 aromatic carbocycles. The number of aliphatic hydroxyl groups excluding tert-OH is 2. The first kappa shape index (κ1) is 34.2. The molecule has 2 unspecified atom stereocenters. The van der Waals surface area contributed by atoms with Gasteiger partial charge < -0.3 is 14.7 Å². The van der Waals surface area contributed by atoms with Crippen LogP contribution >= 0.6 is 0 Å². The van der Waals surface area contributed by atoms with E-state index in [9.17, 15) is 19.8 Å². The first-order valence-corrected chi connectivity index (χ1v) is 15.0. The third-order valence-corrected chi connectivity index (χ3v) is 7.07. The zero-order valence-electron chi connectivity index (χ0n) is 23.9. The summed E-state index contributed by atoms with van der Waals surface area (Å²) < 4.78 is 0.182. The third-order valence-electron chi connectivity index (χ3n) is 7.07. The van der Waals surface area contributed by atoms with Crippen molar-refractivity contribution in [1.29, 1.82) is 0 Å². The lowest BCUT2D eigenvalue weighted by Crippen LogP contribution is -2.51. The van der Waals surface area contributed by atoms with E-state index >= 15 is 0 Å². The van der Waals surface area contributed by atoms with Crippen molar-refractivity contribution in [1.82, 2.24) is 0 Å². The fourth-order valence-electron chi connectivity index (χ4n) is 4.73. The number of nitrogens with zero attached hydrogens (tertiary/aromatic N) is 1. The predicted molar refractivity (Wildman–Crippen MR) is 148 cm³/mol. The van der Waals surface area contributed by atoms with E-state index in [0.717, 1.165) is 25.7 Å². The molecule has 5 heteroatoms. The molecule has 0 aliphatic carbocycles. The molecule has 5 nitrogen and oxygen atoms in total. The number of hydrogen-bond donors (Lipinski definition) is 2. The number of hydrogen-bond acceptors (Lipinski definition) is 4. The second-order valence-corrected chi connectivity index (χ2v) is 11.5. The zero-order chi connectivity index (χ0) is 26.4. The quantitative estimate of drug-likeness (QED) is 0.102. The first-order chi connectivity index (χ1) is 16.7. The van der Waals surface area contributed by atoms with Gasteiger partial charge in [-0.25, -0.2) is 0 Å². The summed E-state index contributed by atoms with van der Waals surface area (Å²) in [6.45, 7) is 4.70. The Balaban J connectivity index is 3.95. The maximum atomic E-state index is 12.5. The Bertz CT molecular complexity index is 476. The molecule has 0 saturated carbocycles. The van der Waals surface area contributed by atoms with Crippen LogP contribution in [0.3, 0.4) is 0 Å². The lowest BCUT2D eigenvalue weighted by atomic mass is 10.0. The van der Waals surface area contributed by atoms with Crippen molar-refractivity contribution >= 4 is 11.6 Å². The molecule has 0 spiro atoms. The van der Waals surface area contributed by atoms with E-state index in [1.165, 1.54) is 89.9 Å². The van der Waals surface area contributed by atoms with Crippen molar-refractivity contribution < 1.29 is 24.3 Å². The first-order valence-electron chi connectivity index (χ1n) is 15.0. The molecular formula is C30H60NO4+. The highest BCUT2D eigenvalue weighted by Gasteiger charge is 2.29. The Labute approximate surface area is 217 Å². The fraction of sp³-hybridized carbons (Fsp3) is 0.933. The van der Waals surface area contributed by atoms with Crippen molar-refractivity contribution in [3.63, 3.8) is 0 Å². The average molecular weight is 499 g/mol. The van der Waals surface area contributed by atoms with E-state index in [4.69, 9.17) is 0 Å². The van der Waals surface area contributed by atoms with E-state index in [0.29, 0.717) is 12.8 Å². The number of carbonyl (C=O) groups excluding carboxylic acids is 2. The largest absolute Gasteiger partial charge is 0.385 e. The third kappa shape index (κ3) is 21.0. The van der Waals surface area contributed by atoms with Gasteiger partial charge in [-0.05, 0) is 12.8 Å². The predicted octanol–water partition coefficient (Wildman–Crippen LogP) is 6.76. The van der Waals surface area contributed by atoms with Crippen LogP contribution in [-0.2, 0) is 9.59 Å². The molecule has 0 fully saturated rings. The maximum Gasteiger partial charge on any atom is 0.215 e. The van der Waals surface area contributed by atoms with Crippen LogP contribution in [0, 0.1) is 0 Å². The highest BCUT2D eigenvalue weighted by Crippen LogP contribution is 2.14. The monoisotopic (exact) mass is 498 g/mol. The Hall–Kier alpha value is -0.780. The molecule has 2 N–H and O–H groups in total. The van der Waals surface area contributed by atoms with E-state index in [-0.39, 0.29) is 29.1 Å². The van der Waals surface area contributed by atoms with Gasteiger partial charge in [-0.15, -0.1) is 0 Å². The summed E-state index contributed by atoms with van der Waals surface area (Å²) in [4.78, 5) is 25.0. The van der Waals surface area contributed by atoms with Crippen molar-refractivity contribution in [2.45, 2.75) is 154 Å². The topological polar surface area (TPSA) is 74.6 Å². The van der Waals surface area contributed by atoms with Crippen molar-refractivity contribution in [2.75, 3.05) is 27.2 Å². The molecule has 0 aliphatic rings. The van der Waals surface area contributed by atoms with Gasteiger partial charge in [0.1, 0.15) is 25.3 Å². The lowest BCUT2D eigenvalue weighted by molar-refractivity contribution is -0.874. The summed E-state index contributed by atoms with van der Waals surface area (Å²) in [7, 11) is 3.65. The van der Waals surface area contributed by atoms with Crippen molar-refractivity contribution in [3.8, 4) is 0 Å². The molecule has 0 bridgehead atoms. The molecule has 35 heavy (non-hydrogen) atoms. The summed E-state index contributed by atoms with van der Waals surface area (Å²) in [6, 6.07) is 0. The Morgan fingerprint density at radius 1 is 0.514 bits per heavy atom. The van der Waals surface area contributed by atoms with Crippen LogP contribution in [-0.4, -0.2) is 65.7 Å². The molecule has 0 aromatic heterocycles. The highest BCUT2D eigenvalue weighted by molar-refractivity contribution is 5.86. The van der Waals surface area contributed by atoms with Crippen molar-refractivity contribution in [3.05, 3.63) is 0 Å². The normalized spacial score (nSPS) is 13.7. The van der Waals surface area contributed by atoms with Gasteiger partial charge in [0, 0.05) is 0 Å². The zero-order valence-corrected chi connectivity index (χ0v) is 23.9. The second kappa shape index (κ2) is 22.4. The number of aliphatic hydroxyl groups is 2. The number of Topliss-reactive ketones (excluding diaryl/α,β-unsaturated/α-hetero) is 2. The molecule has 0 radical (unpaired) electrons. The van der Waals surface area contributed by atoms with Crippen molar-refractivity contribution in [2.24, 2.45) is 0 Å². The minimum Gasteiger partial charge on any atom is -0.385 e. The van der Waals surface area contributed by atoms with Gasteiger partial charge in [-0.2, -0.15) is 0 Å². The van der Waals surface area contributed by atoms with Crippen LogP contribution in [0.15, 0.2) is 0 Å². The Morgan fingerprint density at radius 3 is 1.06 bits per heavy atom. The van der Waals surface area contributed by atoms with Crippen LogP contribution in [0.2, 0.25) is 0 Å². The van der Waals surface area contributed by atoms with Gasteiger partial charge in [-0.1, -0.05) is 129 Å². The minimum absolute atomic E-state index is 0.120. The van der Waals surface area contributed by atoms with Gasteiger partial charge >= 0.3 is 0 Å². The highest BCUT2D eigenvalue weighted by atomic mass is 16.3. The number of ketones is 2. The maximum absolute atomic E-state index is 12.5. The number of likely N-dealkylation sites (N-methyl/N-ethyl adjacent to an activating group) is 1. The number of carbonyl (C=O) groups is 2. The molecule has 2 atom stereocenters.